The first-order valence-corrected chi connectivity index (χ1v) is 5.96. The highest BCUT2D eigenvalue weighted by molar-refractivity contribution is 7.09. The zero-order valence-electron chi connectivity index (χ0n) is 9.39. The van der Waals surface area contributed by atoms with Crippen LogP contribution in [0.1, 0.15) is 22.4 Å². The van der Waals surface area contributed by atoms with Crippen LogP contribution in [0.5, 0.6) is 0 Å². The Hall–Kier alpha value is -1.70. The van der Waals surface area contributed by atoms with Crippen LogP contribution in [0.3, 0.4) is 0 Å². The third-order valence-corrected chi connectivity index (χ3v) is 3.02. The van der Waals surface area contributed by atoms with Gasteiger partial charge in [0.15, 0.2) is 5.82 Å². The average Bonchev–Trinajstić information content (AvgIpc) is 2.89. The molecular formula is C10H9F2N3O2S. The quantitative estimate of drug-likeness (QED) is 0.830. The molecule has 0 spiro atoms. The second kappa shape index (κ2) is 5.30. The molecule has 0 N–H and O–H groups in total. The number of alkyl halides is 2. The van der Waals surface area contributed by atoms with Crippen molar-refractivity contribution in [3.8, 4) is 0 Å². The molecule has 2 heterocycles. The Morgan fingerprint density at radius 2 is 2.28 bits per heavy atom. The van der Waals surface area contributed by atoms with Crippen LogP contribution < -0.4 is 0 Å². The van der Waals surface area contributed by atoms with E-state index in [9.17, 15) is 13.6 Å². The number of halogens is 2. The lowest BCUT2D eigenvalue weighted by molar-refractivity contribution is -0.129. The number of thiazole rings is 1. The van der Waals surface area contributed by atoms with Crippen molar-refractivity contribution in [1.29, 1.82) is 0 Å². The standard InChI is InChI=1S/C10H9F2N3O2S/c1-5-4-18-9(13-5)3-7-14-8(17-15-7)2-6(16)10(11)12/h4,10H,2-3H2,1H3. The van der Waals surface area contributed by atoms with Crippen LogP contribution in [0, 0.1) is 6.92 Å². The Labute approximate surface area is 105 Å². The van der Waals surface area contributed by atoms with E-state index in [0.29, 0.717) is 12.2 Å². The van der Waals surface area contributed by atoms with E-state index in [1.54, 1.807) is 0 Å². The van der Waals surface area contributed by atoms with E-state index in [4.69, 9.17) is 4.52 Å². The van der Waals surface area contributed by atoms with Gasteiger partial charge in [0.05, 0.1) is 12.8 Å². The summed E-state index contributed by atoms with van der Waals surface area (Å²) in [6.07, 6.45) is -3.19. The monoisotopic (exact) mass is 273 g/mol. The molecule has 0 fully saturated rings. The first-order chi connectivity index (χ1) is 8.54. The average molecular weight is 273 g/mol. The van der Waals surface area contributed by atoms with Crippen molar-refractivity contribution >= 4 is 17.1 Å². The number of carbonyl (C=O) groups is 1. The highest BCUT2D eigenvalue weighted by Crippen LogP contribution is 2.13. The number of aromatic nitrogens is 3. The zero-order valence-corrected chi connectivity index (χ0v) is 10.2. The lowest BCUT2D eigenvalue weighted by Gasteiger charge is -1.92. The second-order valence-electron chi connectivity index (χ2n) is 3.61. The molecule has 0 radical (unpaired) electrons. The van der Waals surface area contributed by atoms with Crippen molar-refractivity contribution in [2.75, 3.05) is 0 Å². The van der Waals surface area contributed by atoms with Crippen LogP contribution in [0.15, 0.2) is 9.90 Å². The molecule has 0 atom stereocenters. The highest BCUT2D eigenvalue weighted by Gasteiger charge is 2.19. The van der Waals surface area contributed by atoms with E-state index in [1.807, 2.05) is 12.3 Å². The first kappa shape index (κ1) is 12.7. The lowest BCUT2D eigenvalue weighted by atomic mass is 10.3. The van der Waals surface area contributed by atoms with Gasteiger partial charge in [-0.1, -0.05) is 5.16 Å². The van der Waals surface area contributed by atoms with Crippen LogP contribution in [-0.2, 0) is 17.6 Å². The fourth-order valence-electron chi connectivity index (χ4n) is 1.28. The molecule has 8 heteroatoms. The maximum atomic E-state index is 12.0. The summed E-state index contributed by atoms with van der Waals surface area (Å²) < 4.78 is 28.8. The van der Waals surface area contributed by atoms with Gasteiger partial charge in [-0.25, -0.2) is 13.8 Å². The summed E-state index contributed by atoms with van der Waals surface area (Å²) in [7, 11) is 0. The van der Waals surface area contributed by atoms with Crippen molar-refractivity contribution in [1.82, 2.24) is 15.1 Å². The summed E-state index contributed by atoms with van der Waals surface area (Å²) >= 11 is 1.45. The summed E-state index contributed by atoms with van der Waals surface area (Å²) in [6, 6.07) is 0. The zero-order chi connectivity index (χ0) is 13.1. The molecule has 0 bridgehead atoms. The first-order valence-electron chi connectivity index (χ1n) is 5.08. The van der Waals surface area contributed by atoms with Gasteiger partial charge in [-0.05, 0) is 6.92 Å². The minimum Gasteiger partial charge on any atom is -0.339 e. The molecule has 2 aromatic rings. The van der Waals surface area contributed by atoms with Gasteiger partial charge in [0.1, 0.15) is 5.01 Å². The van der Waals surface area contributed by atoms with Gasteiger partial charge in [0.2, 0.25) is 11.7 Å². The molecule has 0 aliphatic rings. The Morgan fingerprint density at radius 3 is 2.89 bits per heavy atom. The molecule has 0 aromatic carbocycles. The summed E-state index contributed by atoms with van der Waals surface area (Å²) in [4.78, 5) is 18.9. The van der Waals surface area contributed by atoms with Crippen molar-refractivity contribution in [2.24, 2.45) is 0 Å². The Kier molecular flexibility index (Phi) is 3.75. The molecule has 2 aromatic heterocycles. The number of carbonyl (C=O) groups excluding carboxylic acids is 1. The second-order valence-corrected chi connectivity index (χ2v) is 4.55. The van der Waals surface area contributed by atoms with Gasteiger partial charge in [0.25, 0.3) is 6.43 Å². The molecule has 0 aliphatic heterocycles. The van der Waals surface area contributed by atoms with E-state index in [1.165, 1.54) is 11.3 Å². The fourth-order valence-corrected chi connectivity index (χ4v) is 2.05. The van der Waals surface area contributed by atoms with Crippen LogP contribution >= 0.6 is 11.3 Å². The van der Waals surface area contributed by atoms with Crippen LogP contribution in [0.2, 0.25) is 0 Å². The smallest absolute Gasteiger partial charge is 0.296 e. The normalized spacial score (nSPS) is 11.1. The Balaban J connectivity index is 2.00. The molecule has 0 unspecified atom stereocenters. The van der Waals surface area contributed by atoms with Gasteiger partial charge in [0, 0.05) is 11.1 Å². The van der Waals surface area contributed by atoms with Gasteiger partial charge < -0.3 is 4.52 Å². The molecule has 5 nitrogen and oxygen atoms in total. The highest BCUT2D eigenvalue weighted by atomic mass is 32.1. The number of hydrogen-bond donors (Lipinski definition) is 0. The van der Waals surface area contributed by atoms with E-state index < -0.39 is 18.6 Å². The lowest BCUT2D eigenvalue weighted by Crippen LogP contribution is -2.13. The summed E-state index contributed by atoms with van der Waals surface area (Å²) in [5, 5.41) is 6.31. The number of aryl methyl sites for hydroxylation is 1. The van der Waals surface area contributed by atoms with E-state index in [0.717, 1.165) is 10.7 Å². The third kappa shape index (κ3) is 3.16. The van der Waals surface area contributed by atoms with Crippen LogP contribution in [0.25, 0.3) is 0 Å². The van der Waals surface area contributed by atoms with Crippen LogP contribution in [-0.4, -0.2) is 27.3 Å². The predicted octanol–water partition coefficient (Wildman–Crippen LogP) is 1.80. The molecule has 2 rings (SSSR count). The van der Waals surface area contributed by atoms with Crippen LogP contribution in [0.4, 0.5) is 8.78 Å². The van der Waals surface area contributed by atoms with Crippen molar-refractivity contribution in [3.63, 3.8) is 0 Å². The summed E-state index contributed by atoms with van der Waals surface area (Å²) in [5.74, 6) is -0.986. The third-order valence-electron chi connectivity index (χ3n) is 2.05. The predicted molar refractivity (Wildman–Crippen MR) is 58.7 cm³/mol. The number of nitrogens with zero attached hydrogens (tertiary/aromatic N) is 3. The molecule has 96 valence electrons. The van der Waals surface area contributed by atoms with Crippen molar-refractivity contribution < 1.29 is 18.1 Å². The van der Waals surface area contributed by atoms with Gasteiger partial charge >= 0.3 is 0 Å². The van der Waals surface area contributed by atoms with E-state index in [2.05, 4.69) is 15.1 Å². The Morgan fingerprint density at radius 1 is 1.50 bits per heavy atom. The number of rotatable bonds is 5. The minimum atomic E-state index is -3.01. The number of Topliss-reactive ketones (excluding diaryl/α,β-unsaturated/α-hetero) is 1. The molecular weight excluding hydrogens is 264 g/mol. The number of ketones is 1. The summed E-state index contributed by atoms with van der Waals surface area (Å²) in [6.45, 7) is 1.86. The Bertz CT molecular complexity index is 553. The maximum Gasteiger partial charge on any atom is 0.296 e. The largest absolute Gasteiger partial charge is 0.339 e. The molecule has 0 saturated heterocycles. The minimum absolute atomic E-state index is 0.0939. The SMILES string of the molecule is Cc1csc(Cc2noc(CC(=O)C(F)F)n2)n1. The number of hydrogen-bond acceptors (Lipinski definition) is 6. The maximum absolute atomic E-state index is 12.0. The van der Waals surface area contributed by atoms with Crippen molar-refractivity contribution in [2.45, 2.75) is 26.2 Å². The fraction of sp³-hybridized carbons (Fsp3) is 0.400. The summed E-state index contributed by atoms with van der Waals surface area (Å²) in [5.41, 5.74) is 0.895. The van der Waals surface area contributed by atoms with Gasteiger partial charge in [-0.15, -0.1) is 11.3 Å². The topological polar surface area (TPSA) is 68.9 Å². The molecule has 0 aliphatic carbocycles. The molecule has 18 heavy (non-hydrogen) atoms. The van der Waals surface area contributed by atoms with Gasteiger partial charge in [-0.2, -0.15) is 4.98 Å². The molecule has 0 saturated carbocycles. The van der Waals surface area contributed by atoms with E-state index in [-0.39, 0.29) is 5.89 Å². The van der Waals surface area contributed by atoms with Crippen molar-refractivity contribution in [3.05, 3.63) is 27.8 Å². The van der Waals surface area contributed by atoms with E-state index >= 15 is 0 Å². The molecule has 0 amide bonds. The van der Waals surface area contributed by atoms with Gasteiger partial charge in [-0.3, -0.25) is 4.79 Å².